The van der Waals surface area contributed by atoms with Gasteiger partial charge in [0.2, 0.25) is 0 Å². The summed E-state index contributed by atoms with van der Waals surface area (Å²) in [6, 6.07) is 15.7. The second-order valence-electron chi connectivity index (χ2n) is 5.18. The molecule has 116 valence electrons. The number of hydrogen-bond donors (Lipinski definition) is 1. The molecule has 0 heterocycles. The van der Waals surface area contributed by atoms with Gasteiger partial charge in [0.1, 0.15) is 5.75 Å². The molecule has 0 fully saturated rings. The van der Waals surface area contributed by atoms with Gasteiger partial charge in [-0.15, -0.1) is 0 Å². The van der Waals surface area contributed by atoms with Gasteiger partial charge in [-0.1, -0.05) is 54.9 Å². The standard InChI is InChI=1S/C18H20ClNO2/c1-3-13(2)20-18(21)12-22-17-10-9-15(11-16(17)19)14-7-5-4-6-8-14/h4-11,13H,3,12H2,1-2H3,(H,20,21)/t13-/m1/s1. The summed E-state index contributed by atoms with van der Waals surface area (Å²) < 4.78 is 5.49. The Kier molecular flexibility index (Phi) is 5.84. The summed E-state index contributed by atoms with van der Waals surface area (Å²) in [6.45, 7) is 3.94. The van der Waals surface area contributed by atoms with Crippen molar-refractivity contribution in [3.05, 3.63) is 53.6 Å². The van der Waals surface area contributed by atoms with Crippen LogP contribution in [0.4, 0.5) is 0 Å². The second-order valence-corrected chi connectivity index (χ2v) is 5.58. The van der Waals surface area contributed by atoms with Crippen LogP contribution in [-0.2, 0) is 4.79 Å². The third kappa shape index (κ3) is 4.50. The Hall–Kier alpha value is -2.00. The molecule has 22 heavy (non-hydrogen) atoms. The van der Waals surface area contributed by atoms with Crippen LogP contribution in [0.5, 0.6) is 5.75 Å². The highest BCUT2D eigenvalue weighted by atomic mass is 35.5. The zero-order chi connectivity index (χ0) is 15.9. The first-order valence-electron chi connectivity index (χ1n) is 7.37. The average molecular weight is 318 g/mol. The van der Waals surface area contributed by atoms with Gasteiger partial charge in [-0.05, 0) is 36.6 Å². The minimum atomic E-state index is -0.141. The number of ether oxygens (including phenoxy) is 1. The monoisotopic (exact) mass is 317 g/mol. The first-order valence-corrected chi connectivity index (χ1v) is 7.75. The minimum absolute atomic E-state index is 0.0330. The van der Waals surface area contributed by atoms with Gasteiger partial charge in [0.25, 0.3) is 5.91 Å². The molecule has 0 bridgehead atoms. The van der Waals surface area contributed by atoms with Crippen molar-refractivity contribution in [1.82, 2.24) is 5.32 Å². The lowest BCUT2D eigenvalue weighted by atomic mass is 10.1. The van der Waals surface area contributed by atoms with Crippen LogP contribution in [0.1, 0.15) is 20.3 Å². The maximum absolute atomic E-state index is 11.7. The lowest BCUT2D eigenvalue weighted by Crippen LogP contribution is -2.35. The molecule has 0 saturated heterocycles. The Morgan fingerprint density at radius 1 is 1.18 bits per heavy atom. The van der Waals surface area contributed by atoms with Gasteiger partial charge in [0.05, 0.1) is 5.02 Å². The lowest BCUT2D eigenvalue weighted by molar-refractivity contribution is -0.123. The molecule has 0 spiro atoms. The fourth-order valence-electron chi connectivity index (χ4n) is 1.99. The quantitative estimate of drug-likeness (QED) is 0.862. The summed E-state index contributed by atoms with van der Waals surface area (Å²) in [5, 5.41) is 3.35. The Morgan fingerprint density at radius 2 is 1.91 bits per heavy atom. The first kappa shape index (κ1) is 16.4. The van der Waals surface area contributed by atoms with E-state index in [1.54, 1.807) is 6.07 Å². The van der Waals surface area contributed by atoms with Crippen molar-refractivity contribution in [2.45, 2.75) is 26.3 Å². The van der Waals surface area contributed by atoms with Crippen LogP contribution < -0.4 is 10.1 Å². The largest absolute Gasteiger partial charge is 0.482 e. The number of rotatable bonds is 6. The number of carbonyl (C=O) groups is 1. The molecule has 0 unspecified atom stereocenters. The molecular formula is C18H20ClNO2. The van der Waals surface area contributed by atoms with Gasteiger partial charge < -0.3 is 10.1 Å². The van der Waals surface area contributed by atoms with Crippen LogP contribution in [0.15, 0.2) is 48.5 Å². The van der Waals surface area contributed by atoms with Crippen LogP contribution in [0.3, 0.4) is 0 Å². The number of halogens is 1. The molecule has 0 saturated carbocycles. The maximum atomic E-state index is 11.7. The fraction of sp³-hybridized carbons (Fsp3) is 0.278. The third-order valence-electron chi connectivity index (χ3n) is 3.42. The predicted octanol–water partition coefficient (Wildman–Crippen LogP) is 4.30. The predicted molar refractivity (Wildman–Crippen MR) is 90.3 cm³/mol. The normalized spacial score (nSPS) is 11.8. The van der Waals surface area contributed by atoms with E-state index in [0.29, 0.717) is 10.8 Å². The number of amides is 1. The van der Waals surface area contributed by atoms with Crippen molar-refractivity contribution < 1.29 is 9.53 Å². The van der Waals surface area contributed by atoms with Crippen molar-refractivity contribution in [2.24, 2.45) is 0 Å². The summed E-state index contributed by atoms with van der Waals surface area (Å²) in [6.07, 6.45) is 0.887. The topological polar surface area (TPSA) is 38.3 Å². The third-order valence-corrected chi connectivity index (χ3v) is 3.71. The van der Waals surface area contributed by atoms with Gasteiger partial charge in [-0.2, -0.15) is 0 Å². The molecule has 3 nitrogen and oxygen atoms in total. The zero-order valence-electron chi connectivity index (χ0n) is 12.8. The molecule has 0 aliphatic carbocycles. The van der Waals surface area contributed by atoms with E-state index in [1.165, 1.54) is 0 Å². The fourth-order valence-corrected chi connectivity index (χ4v) is 2.23. The lowest BCUT2D eigenvalue weighted by Gasteiger charge is -2.13. The van der Waals surface area contributed by atoms with E-state index in [9.17, 15) is 4.79 Å². The first-order chi connectivity index (χ1) is 10.6. The van der Waals surface area contributed by atoms with Crippen LogP contribution in [0.2, 0.25) is 5.02 Å². The summed E-state index contributed by atoms with van der Waals surface area (Å²) in [5.41, 5.74) is 2.10. The Labute approximate surface area is 136 Å². The van der Waals surface area contributed by atoms with E-state index in [-0.39, 0.29) is 18.6 Å². The average Bonchev–Trinajstić information content (AvgIpc) is 2.54. The van der Waals surface area contributed by atoms with Crippen molar-refractivity contribution in [2.75, 3.05) is 6.61 Å². The maximum Gasteiger partial charge on any atom is 0.258 e. The molecule has 4 heteroatoms. The van der Waals surface area contributed by atoms with Crippen molar-refractivity contribution in [3.63, 3.8) is 0 Å². The SMILES string of the molecule is CC[C@@H](C)NC(=O)COc1ccc(-c2ccccc2)cc1Cl. The highest BCUT2D eigenvalue weighted by Crippen LogP contribution is 2.30. The Morgan fingerprint density at radius 3 is 2.55 bits per heavy atom. The van der Waals surface area contributed by atoms with Gasteiger partial charge in [0, 0.05) is 6.04 Å². The molecule has 0 aliphatic rings. The number of carbonyl (C=O) groups excluding carboxylic acids is 1. The highest BCUT2D eigenvalue weighted by molar-refractivity contribution is 6.32. The van der Waals surface area contributed by atoms with Gasteiger partial charge in [-0.3, -0.25) is 4.79 Å². The second kappa shape index (κ2) is 7.85. The molecule has 1 atom stereocenters. The summed E-state index contributed by atoms with van der Waals surface area (Å²) in [4.78, 5) is 11.7. The number of hydrogen-bond acceptors (Lipinski definition) is 2. The van der Waals surface area contributed by atoms with E-state index >= 15 is 0 Å². The molecule has 2 aromatic rings. The van der Waals surface area contributed by atoms with Gasteiger partial charge in [-0.25, -0.2) is 0 Å². The van der Waals surface area contributed by atoms with Crippen molar-refractivity contribution in [3.8, 4) is 16.9 Å². The minimum Gasteiger partial charge on any atom is -0.482 e. The van der Waals surface area contributed by atoms with E-state index in [1.807, 2.05) is 56.3 Å². The summed E-state index contributed by atoms with van der Waals surface area (Å²) in [5.74, 6) is 0.373. The molecule has 2 aromatic carbocycles. The highest BCUT2D eigenvalue weighted by Gasteiger charge is 2.09. The van der Waals surface area contributed by atoms with Crippen LogP contribution in [-0.4, -0.2) is 18.6 Å². The van der Waals surface area contributed by atoms with E-state index in [0.717, 1.165) is 17.5 Å². The summed E-state index contributed by atoms with van der Waals surface area (Å²) >= 11 is 6.24. The van der Waals surface area contributed by atoms with E-state index < -0.39 is 0 Å². The van der Waals surface area contributed by atoms with Crippen LogP contribution in [0.25, 0.3) is 11.1 Å². The van der Waals surface area contributed by atoms with E-state index in [4.69, 9.17) is 16.3 Å². The zero-order valence-corrected chi connectivity index (χ0v) is 13.6. The van der Waals surface area contributed by atoms with E-state index in [2.05, 4.69) is 5.32 Å². The molecular weight excluding hydrogens is 298 g/mol. The number of nitrogens with one attached hydrogen (secondary N) is 1. The smallest absolute Gasteiger partial charge is 0.258 e. The van der Waals surface area contributed by atoms with Crippen molar-refractivity contribution in [1.29, 1.82) is 0 Å². The van der Waals surface area contributed by atoms with Gasteiger partial charge >= 0.3 is 0 Å². The number of benzene rings is 2. The molecule has 0 aliphatic heterocycles. The Balaban J connectivity index is 2.00. The molecule has 0 aromatic heterocycles. The molecule has 1 N–H and O–H groups in total. The Bertz CT molecular complexity index is 628. The van der Waals surface area contributed by atoms with Crippen molar-refractivity contribution >= 4 is 17.5 Å². The van der Waals surface area contributed by atoms with Crippen LogP contribution in [0, 0.1) is 0 Å². The molecule has 2 rings (SSSR count). The van der Waals surface area contributed by atoms with Gasteiger partial charge in [0.15, 0.2) is 6.61 Å². The molecule has 0 radical (unpaired) electrons. The van der Waals surface area contributed by atoms with Crippen LogP contribution >= 0.6 is 11.6 Å². The molecule has 1 amide bonds. The summed E-state index contributed by atoms with van der Waals surface area (Å²) in [7, 11) is 0.